The molecule has 0 fully saturated rings. The highest BCUT2D eigenvalue weighted by Crippen LogP contribution is 2.39. The highest BCUT2D eigenvalue weighted by atomic mass is 35.5. The van der Waals surface area contributed by atoms with Crippen LogP contribution in [0.1, 0.15) is 41.9 Å². The maximum Gasteiger partial charge on any atom is 0.126 e. The van der Waals surface area contributed by atoms with Crippen LogP contribution in [-0.2, 0) is 12.8 Å². The van der Waals surface area contributed by atoms with Crippen LogP contribution in [0, 0.1) is 24.0 Å². The Kier molecular flexibility index (Phi) is 7.47. The average Bonchev–Trinajstić information content (AvgIpc) is 2.73. The Labute approximate surface area is 192 Å². The molecule has 32 heavy (non-hydrogen) atoms. The second kappa shape index (κ2) is 10.1. The molecule has 0 bridgehead atoms. The number of hydrazine groups is 1. The Balaban J connectivity index is 2.17. The fourth-order valence-corrected chi connectivity index (χ4v) is 4.11. The first-order valence-corrected chi connectivity index (χ1v) is 10.6. The molecule has 4 nitrogen and oxygen atoms in total. The van der Waals surface area contributed by atoms with Crippen LogP contribution in [0.4, 0.5) is 14.5 Å². The summed E-state index contributed by atoms with van der Waals surface area (Å²) in [6.07, 6.45) is 7.36. The molecule has 1 heterocycles. The van der Waals surface area contributed by atoms with E-state index in [1.807, 2.05) is 18.2 Å². The van der Waals surface area contributed by atoms with Gasteiger partial charge in [0.15, 0.2) is 0 Å². The van der Waals surface area contributed by atoms with Crippen LogP contribution >= 0.6 is 11.6 Å². The van der Waals surface area contributed by atoms with E-state index in [-0.39, 0.29) is 6.42 Å². The van der Waals surface area contributed by atoms with Gasteiger partial charge in [0.1, 0.15) is 17.3 Å². The van der Waals surface area contributed by atoms with E-state index in [0.717, 1.165) is 41.3 Å². The zero-order valence-corrected chi connectivity index (χ0v) is 18.8. The standard InChI is InChI=1S/C25H25ClF2N4/c1-4-6-21-22(26)10-9-20(25(21)32(3)30)19-8-7-18(5-2)31-24(19)23(29)13-15-11-16(27)14-17(28)12-15/h2,7-12,14,23H,4,6,13,29-30H2,1,3H3/t23-/m0/s1. The van der Waals surface area contributed by atoms with Gasteiger partial charge in [-0.15, -0.1) is 6.42 Å². The van der Waals surface area contributed by atoms with Crippen molar-refractivity contribution in [1.82, 2.24) is 4.98 Å². The van der Waals surface area contributed by atoms with Crippen molar-refractivity contribution in [1.29, 1.82) is 0 Å². The van der Waals surface area contributed by atoms with Gasteiger partial charge in [0.25, 0.3) is 0 Å². The lowest BCUT2D eigenvalue weighted by Crippen LogP contribution is -2.27. The third-order valence-electron chi connectivity index (χ3n) is 5.17. The van der Waals surface area contributed by atoms with E-state index in [1.54, 1.807) is 13.1 Å². The first-order valence-electron chi connectivity index (χ1n) is 10.2. The van der Waals surface area contributed by atoms with Crippen molar-refractivity contribution < 1.29 is 8.78 Å². The molecule has 0 unspecified atom stereocenters. The third-order valence-corrected chi connectivity index (χ3v) is 5.52. The summed E-state index contributed by atoms with van der Waals surface area (Å²) in [5.74, 6) is 7.40. The Hall–Kier alpha value is -2.98. The number of anilines is 1. The molecule has 1 atom stereocenters. The lowest BCUT2D eigenvalue weighted by Gasteiger charge is -2.24. The molecule has 0 saturated heterocycles. The molecule has 3 aromatic rings. The molecule has 3 rings (SSSR count). The first kappa shape index (κ1) is 23.7. The van der Waals surface area contributed by atoms with Gasteiger partial charge in [-0.2, -0.15) is 0 Å². The summed E-state index contributed by atoms with van der Waals surface area (Å²) in [7, 11) is 1.74. The van der Waals surface area contributed by atoms with Crippen LogP contribution in [0.5, 0.6) is 0 Å². The van der Waals surface area contributed by atoms with Crippen LogP contribution in [-0.4, -0.2) is 12.0 Å². The number of pyridine rings is 1. The second-order valence-corrected chi connectivity index (χ2v) is 8.05. The van der Waals surface area contributed by atoms with Gasteiger partial charge in [0.05, 0.1) is 17.4 Å². The Bertz CT molecular complexity index is 1150. The van der Waals surface area contributed by atoms with Crippen LogP contribution < -0.4 is 16.6 Å². The minimum absolute atomic E-state index is 0.173. The Morgan fingerprint density at radius 1 is 1.12 bits per heavy atom. The first-order chi connectivity index (χ1) is 15.2. The van der Waals surface area contributed by atoms with E-state index in [0.29, 0.717) is 22.0 Å². The molecule has 0 spiro atoms. The summed E-state index contributed by atoms with van der Waals surface area (Å²) in [4.78, 5) is 4.57. The molecule has 0 radical (unpaired) electrons. The van der Waals surface area contributed by atoms with Crippen molar-refractivity contribution in [3.05, 3.63) is 81.6 Å². The number of hydrogen-bond donors (Lipinski definition) is 2. The summed E-state index contributed by atoms with van der Waals surface area (Å²) < 4.78 is 27.4. The number of halogens is 3. The van der Waals surface area contributed by atoms with Crippen molar-refractivity contribution in [3.63, 3.8) is 0 Å². The molecule has 4 N–H and O–H groups in total. The van der Waals surface area contributed by atoms with Gasteiger partial charge in [-0.3, -0.25) is 0 Å². The largest absolute Gasteiger partial charge is 0.322 e. The SMILES string of the molecule is C#Cc1ccc(-c2ccc(Cl)c(CCC)c2N(C)N)c([C@@H](N)Cc2cc(F)cc(F)c2)n1. The second-order valence-electron chi connectivity index (χ2n) is 7.64. The van der Waals surface area contributed by atoms with Crippen molar-refractivity contribution >= 4 is 17.3 Å². The third kappa shape index (κ3) is 5.08. The number of nitrogens with zero attached hydrogens (tertiary/aromatic N) is 2. The average molecular weight is 455 g/mol. The molecule has 0 saturated carbocycles. The minimum atomic E-state index is -0.666. The lowest BCUT2D eigenvalue weighted by atomic mass is 9.92. The van der Waals surface area contributed by atoms with Gasteiger partial charge in [0.2, 0.25) is 0 Å². The van der Waals surface area contributed by atoms with Crippen LogP contribution in [0.25, 0.3) is 11.1 Å². The van der Waals surface area contributed by atoms with Crippen molar-refractivity contribution in [2.24, 2.45) is 11.6 Å². The zero-order valence-electron chi connectivity index (χ0n) is 18.0. The quantitative estimate of drug-likeness (QED) is 0.294. The Morgan fingerprint density at radius 2 is 1.78 bits per heavy atom. The van der Waals surface area contributed by atoms with E-state index in [2.05, 4.69) is 17.8 Å². The summed E-state index contributed by atoms with van der Waals surface area (Å²) in [5, 5.41) is 2.15. The predicted octanol–water partition coefficient (Wildman–Crippen LogP) is 5.17. The molecule has 0 aliphatic carbocycles. The van der Waals surface area contributed by atoms with E-state index in [9.17, 15) is 8.78 Å². The van der Waals surface area contributed by atoms with Gasteiger partial charge >= 0.3 is 0 Å². The van der Waals surface area contributed by atoms with E-state index in [1.165, 1.54) is 17.1 Å². The Morgan fingerprint density at radius 3 is 2.38 bits per heavy atom. The van der Waals surface area contributed by atoms with Crippen molar-refractivity contribution in [3.8, 4) is 23.5 Å². The molecule has 0 amide bonds. The van der Waals surface area contributed by atoms with Gasteiger partial charge in [-0.05, 0) is 54.3 Å². The summed E-state index contributed by atoms with van der Waals surface area (Å²) in [6, 6.07) is 9.93. The van der Waals surface area contributed by atoms with Crippen LogP contribution in [0.2, 0.25) is 5.02 Å². The number of terminal acetylenes is 1. The predicted molar refractivity (Wildman–Crippen MR) is 126 cm³/mol. The number of benzene rings is 2. The maximum absolute atomic E-state index is 13.7. The maximum atomic E-state index is 13.7. The van der Waals surface area contributed by atoms with Gasteiger partial charge in [0, 0.05) is 29.3 Å². The fraction of sp³-hybridized carbons (Fsp3) is 0.240. The highest BCUT2D eigenvalue weighted by Gasteiger charge is 2.22. The normalized spacial score (nSPS) is 11.8. The zero-order chi connectivity index (χ0) is 23.4. The van der Waals surface area contributed by atoms with Crippen molar-refractivity contribution in [2.45, 2.75) is 32.2 Å². The minimum Gasteiger partial charge on any atom is -0.322 e. The van der Waals surface area contributed by atoms with E-state index < -0.39 is 17.7 Å². The summed E-state index contributed by atoms with van der Waals surface area (Å²) >= 11 is 6.48. The highest BCUT2D eigenvalue weighted by molar-refractivity contribution is 6.32. The van der Waals surface area contributed by atoms with Crippen molar-refractivity contribution in [2.75, 3.05) is 12.1 Å². The summed E-state index contributed by atoms with van der Waals surface area (Å²) in [6.45, 7) is 2.06. The number of aromatic nitrogens is 1. The number of rotatable bonds is 7. The molecule has 166 valence electrons. The molecule has 0 aliphatic rings. The van der Waals surface area contributed by atoms with Gasteiger partial charge in [-0.1, -0.05) is 36.9 Å². The molecular weight excluding hydrogens is 430 g/mol. The fourth-order valence-electron chi connectivity index (χ4n) is 3.86. The van der Waals surface area contributed by atoms with Crippen LogP contribution in [0.15, 0.2) is 42.5 Å². The smallest absolute Gasteiger partial charge is 0.126 e. The van der Waals surface area contributed by atoms with Gasteiger partial charge in [-0.25, -0.2) is 19.6 Å². The molecule has 0 aliphatic heterocycles. The number of hydrogen-bond acceptors (Lipinski definition) is 4. The van der Waals surface area contributed by atoms with E-state index in [4.69, 9.17) is 29.6 Å². The lowest BCUT2D eigenvalue weighted by molar-refractivity contribution is 0.575. The van der Waals surface area contributed by atoms with E-state index >= 15 is 0 Å². The molecular formula is C25H25ClF2N4. The molecule has 7 heteroatoms. The monoisotopic (exact) mass is 454 g/mol. The summed E-state index contributed by atoms with van der Waals surface area (Å²) in [5.41, 5.74) is 11.1. The van der Waals surface area contributed by atoms with Crippen LogP contribution in [0.3, 0.4) is 0 Å². The van der Waals surface area contributed by atoms with Gasteiger partial charge < -0.3 is 10.7 Å². The molecule has 1 aromatic heterocycles. The molecule has 2 aromatic carbocycles. The topological polar surface area (TPSA) is 68.2 Å². The number of nitrogens with two attached hydrogens (primary N) is 2.